The Bertz CT molecular complexity index is 822. The highest BCUT2D eigenvalue weighted by Crippen LogP contribution is 2.40. The second-order valence-electron chi connectivity index (χ2n) is 8.33. The molecule has 0 aliphatic heterocycles. The van der Waals surface area contributed by atoms with Crippen LogP contribution in [-0.4, -0.2) is 42.5 Å². The number of aryl methyl sites for hydroxylation is 1. The van der Waals surface area contributed by atoms with Gasteiger partial charge in [0, 0.05) is 44.6 Å². The van der Waals surface area contributed by atoms with E-state index in [9.17, 15) is 0 Å². The molecule has 3 rings (SSSR count). The number of guanidine groups is 1. The smallest absolute Gasteiger partial charge is 0.191 e. The van der Waals surface area contributed by atoms with Crippen LogP contribution in [0.3, 0.4) is 0 Å². The molecule has 0 bridgehead atoms. The number of hydrogen-bond donors (Lipinski definition) is 2. The van der Waals surface area contributed by atoms with Crippen molar-refractivity contribution >= 4 is 5.96 Å². The van der Waals surface area contributed by atoms with Gasteiger partial charge >= 0.3 is 0 Å². The van der Waals surface area contributed by atoms with Crippen molar-refractivity contribution in [3.05, 3.63) is 47.3 Å². The number of ether oxygens (including phenoxy) is 1. The van der Waals surface area contributed by atoms with E-state index in [1.165, 1.54) is 31.2 Å². The van der Waals surface area contributed by atoms with Crippen LogP contribution in [0.2, 0.25) is 0 Å². The number of aromatic nitrogens is 2. The molecule has 0 spiro atoms. The van der Waals surface area contributed by atoms with Gasteiger partial charge in [-0.15, -0.1) is 0 Å². The Morgan fingerprint density at radius 3 is 2.57 bits per heavy atom. The van der Waals surface area contributed by atoms with Crippen LogP contribution in [0, 0.1) is 19.3 Å². The third-order valence-electron chi connectivity index (χ3n) is 6.37. The van der Waals surface area contributed by atoms with E-state index in [1.807, 2.05) is 29.9 Å². The van der Waals surface area contributed by atoms with Crippen molar-refractivity contribution in [2.45, 2.75) is 59.4 Å². The van der Waals surface area contributed by atoms with E-state index in [0.29, 0.717) is 12.0 Å². The number of nitrogens with one attached hydrogen (secondary N) is 2. The first-order chi connectivity index (χ1) is 14.6. The average Bonchev–Trinajstić information content (AvgIpc) is 3.34. The van der Waals surface area contributed by atoms with Crippen LogP contribution in [0.1, 0.15) is 56.0 Å². The third-order valence-corrected chi connectivity index (χ3v) is 6.37. The van der Waals surface area contributed by atoms with Crippen LogP contribution in [0.5, 0.6) is 0 Å². The predicted molar refractivity (Wildman–Crippen MR) is 123 cm³/mol. The molecule has 1 aliphatic rings. The topological polar surface area (TPSA) is 63.5 Å². The molecule has 0 amide bonds. The molecule has 6 heteroatoms. The minimum atomic E-state index is 0.330. The van der Waals surface area contributed by atoms with E-state index in [1.54, 1.807) is 0 Å². The Morgan fingerprint density at radius 1 is 1.17 bits per heavy atom. The molecule has 0 unspecified atom stereocenters. The largest absolute Gasteiger partial charge is 0.382 e. The van der Waals surface area contributed by atoms with Crippen LogP contribution in [-0.2, 0) is 11.3 Å². The molecule has 1 heterocycles. The molecule has 1 aromatic heterocycles. The van der Waals surface area contributed by atoms with Gasteiger partial charge in [0.2, 0.25) is 0 Å². The molecule has 164 valence electrons. The van der Waals surface area contributed by atoms with Crippen molar-refractivity contribution in [1.82, 2.24) is 20.4 Å². The van der Waals surface area contributed by atoms with Gasteiger partial charge in [0.25, 0.3) is 0 Å². The van der Waals surface area contributed by atoms with E-state index in [0.717, 1.165) is 49.2 Å². The molecule has 6 nitrogen and oxygen atoms in total. The highest BCUT2D eigenvalue weighted by atomic mass is 16.5. The Kier molecular flexibility index (Phi) is 7.91. The first kappa shape index (κ1) is 22.3. The van der Waals surface area contributed by atoms with Gasteiger partial charge in [-0.1, -0.05) is 31.0 Å². The highest BCUT2D eigenvalue weighted by Gasteiger charge is 2.33. The molecule has 1 aliphatic carbocycles. The molecule has 1 aromatic carbocycles. The molecule has 2 aromatic rings. The van der Waals surface area contributed by atoms with Crippen molar-refractivity contribution in [2.24, 2.45) is 10.4 Å². The fraction of sp³-hybridized carbons (Fsp3) is 0.583. The van der Waals surface area contributed by atoms with Crippen molar-refractivity contribution < 1.29 is 4.74 Å². The Morgan fingerprint density at radius 2 is 1.90 bits per heavy atom. The maximum atomic E-state index is 5.64. The zero-order valence-electron chi connectivity index (χ0n) is 19.0. The molecule has 0 saturated heterocycles. The number of nitrogens with zero attached hydrogens (tertiary/aromatic N) is 3. The van der Waals surface area contributed by atoms with E-state index >= 15 is 0 Å². The van der Waals surface area contributed by atoms with E-state index in [2.05, 4.69) is 48.5 Å². The first-order valence-electron chi connectivity index (χ1n) is 11.2. The highest BCUT2D eigenvalue weighted by molar-refractivity contribution is 5.79. The maximum absolute atomic E-state index is 5.64. The molecule has 0 atom stereocenters. The molecular formula is C24H37N5O. The standard InChI is InChI=1S/C24H37N5O/c1-5-30-16-15-24(13-9-10-14-24)18-27-23(25-4)26-17-22-19(2)28-29(20(22)3)21-11-7-6-8-12-21/h6-8,11-12H,5,9-10,13-18H2,1-4H3,(H2,25,26,27). The summed E-state index contributed by atoms with van der Waals surface area (Å²) in [5.74, 6) is 0.851. The molecule has 2 N–H and O–H groups in total. The maximum Gasteiger partial charge on any atom is 0.191 e. The van der Waals surface area contributed by atoms with Gasteiger partial charge in [0.1, 0.15) is 0 Å². The van der Waals surface area contributed by atoms with Crippen molar-refractivity contribution in [2.75, 3.05) is 26.8 Å². The monoisotopic (exact) mass is 411 g/mol. The van der Waals surface area contributed by atoms with Gasteiger partial charge in [-0.25, -0.2) is 4.68 Å². The second-order valence-corrected chi connectivity index (χ2v) is 8.33. The summed E-state index contributed by atoms with van der Waals surface area (Å²) in [6, 6.07) is 10.3. The second kappa shape index (κ2) is 10.6. The van der Waals surface area contributed by atoms with Crippen molar-refractivity contribution in [3.8, 4) is 5.69 Å². The Hall–Kier alpha value is -2.34. The molecule has 30 heavy (non-hydrogen) atoms. The first-order valence-corrected chi connectivity index (χ1v) is 11.2. The van der Waals surface area contributed by atoms with Crippen LogP contribution >= 0.6 is 0 Å². The van der Waals surface area contributed by atoms with Crippen LogP contribution in [0.15, 0.2) is 35.3 Å². The van der Waals surface area contributed by atoms with Crippen LogP contribution in [0.25, 0.3) is 5.69 Å². The lowest BCUT2D eigenvalue weighted by Crippen LogP contribution is -2.43. The number of aliphatic imine (C=N–C) groups is 1. The van der Waals surface area contributed by atoms with Crippen LogP contribution in [0.4, 0.5) is 0 Å². The van der Waals surface area contributed by atoms with E-state index < -0.39 is 0 Å². The summed E-state index contributed by atoms with van der Waals surface area (Å²) >= 11 is 0. The zero-order valence-corrected chi connectivity index (χ0v) is 19.0. The number of rotatable bonds is 9. The summed E-state index contributed by atoms with van der Waals surface area (Å²) in [4.78, 5) is 4.45. The third kappa shape index (κ3) is 5.42. The van der Waals surface area contributed by atoms with Gasteiger partial charge < -0.3 is 15.4 Å². The normalized spacial score (nSPS) is 16.1. The molecule has 1 fully saturated rings. The summed E-state index contributed by atoms with van der Waals surface area (Å²) < 4.78 is 7.66. The minimum absolute atomic E-state index is 0.330. The van der Waals surface area contributed by atoms with Crippen LogP contribution < -0.4 is 10.6 Å². The zero-order chi connectivity index (χ0) is 21.4. The minimum Gasteiger partial charge on any atom is -0.382 e. The number of benzene rings is 1. The van der Waals surface area contributed by atoms with Gasteiger partial charge in [0.15, 0.2) is 5.96 Å². The number of hydrogen-bond acceptors (Lipinski definition) is 3. The van der Waals surface area contributed by atoms with Crippen molar-refractivity contribution in [1.29, 1.82) is 0 Å². The van der Waals surface area contributed by atoms with Gasteiger partial charge in [-0.05, 0) is 57.6 Å². The fourth-order valence-corrected chi connectivity index (χ4v) is 4.49. The lowest BCUT2D eigenvalue weighted by atomic mass is 9.83. The summed E-state index contributed by atoms with van der Waals surface area (Å²) in [6.45, 7) is 9.55. The molecular weight excluding hydrogens is 374 g/mol. The molecule has 1 saturated carbocycles. The quantitative estimate of drug-likeness (QED) is 0.370. The van der Waals surface area contributed by atoms with Crippen molar-refractivity contribution in [3.63, 3.8) is 0 Å². The van der Waals surface area contributed by atoms with Gasteiger partial charge in [0.05, 0.1) is 11.4 Å². The lowest BCUT2D eigenvalue weighted by molar-refractivity contribution is 0.105. The van der Waals surface area contributed by atoms with Gasteiger partial charge in [-0.2, -0.15) is 5.10 Å². The predicted octanol–water partition coefficient (Wildman–Crippen LogP) is 4.14. The van der Waals surface area contributed by atoms with Gasteiger partial charge in [-0.3, -0.25) is 4.99 Å². The Labute approximate surface area is 181 Å². The summed E-state index contributed by atoms with van der Waals surface area (Å²) in [5.41, 5.74) is 4.84. The Balaban J connectivity index is 1.60. The SMILES string of the molecule is CCOCCC1(CNC(=NC)NCc2c(C)nn(-c3ccccc3)c2C)CCCC1. The summed E-state index contributed by atoms with van der Waals surface area (Å²) in [7, 11) is 1.84. The number of para-hydroxylation sites is 1. The fourth-order valence-electron chi connectivity index (χ4n) is 4.49. The average molecular weight is 412 g/mol. The molecule has 0 radical (unpaired) electrons. The van der Waals surface area contributed by atoms with E-state index in [4.69, 9.17) is 9.84 Å². The van der Waals surface area contributed by atoms with E-state index in [-0.39, 0.29) is 0 Å². The summed E-state index contributed by atoms with van der Waals surface area (Å²) in [5, 5.41) is 11.8. The lowest BCUT2D eigenvalue weighted by Gasteiger charge is -2.30. The summed E-state index contributed by atoms with van der Waals surface area (Å²) in [6.07, 6.45) is 6.29.